The second-order valence-electron chi connectivity index (χ2n) is 5.21. The van der Waals surface area contributed by atoms with Crippen LogP contribution in [0.25, 0.3) is 0 Å². The molecule has 0 N–H and O–H groups in total. The fourth-order valence-corrected chi connectivity index (χ4v) is 3.45. The molecule has 1 aromatic carbocycles. The van der Waals surface area contributed by atoms with Crippen molar-refractivity contribution in [3.8, 4) is 0 Å². The van der Waals surface area contributed by atoms with Gasteiger partial charge in [0.05, 0.1) is 4.92 Å². The molecule has 2 atom stereocenters. The molecule has 1 aliphatic rings. The van der Waals surface area contributed by atoms with Crippen LogP contribution in [0.4, 0.5) is 5.69 Å². The van der Waals surface area contributed by atoms with E-state index in [1.54, 1.807) is 0 Å². The van der Waals surface area contributed by atoms with Gasteiger partial charge in [-0.15, -0.1) is 0 Å². The van der Waals surface area contributed by atoms with Gasteiger partial charge in [-0.1, -0.05) is 12.1 Å². The number of benzene rings is 1. The molecule has 2 rings (SSSR count). The van der Waals surface area contributed by atoms with Crippen LogP contribution in [0.5, 0.6) is 0 Å². The van der Waals surface area contributed by atoms with Gasteiger partial charge in [0.1, 0.15) is 5.92 Å². The lowest BCUT2D eigenvalue weighted by atomic mass is 9.63. The van der Waals surface area contributed by atoms with Gasteiger partial charge in [-0.3, -0.25) is 20.2 Å². The molecular weight excluding hydrogens is 324 g/mol. The predicted octanol–water partition coefficient (Wildman–Crippen LogP) is 1.32. The number of hydrogen-bond donors (Lipinski definition) is 0. The number of rotatable bonds is 7. The summed E-state index contributed by atoms with van der Waals surface area (Å²) < 4.78 is 21.4. The molecule has 0 radical (unpaired) electrons. The van der Waals surface area contributed by atoms with Crippen molar-refractivity contribution in [2.75, 3.05) is 28.4 Å². The molecular formula is C14H18N2O8. The Morgan fingerprint density at radius 2 is 1.33 bits per heavy atom. The Bertz CT molecular complexity index is 624. The standard InChI is InChI=1S/C14H18N2O8/c1-21-13(22-2)11(9-5-7-10(8-6-9)15(17)18)12(16(19)20)14(13,23-3)24-4/h5-8,11-12H,1-4H3/t11-,12-/m1/s1. The highest BCUT2D eigenvalue weighted by atomic mass is 16.8. The summed E-state index contributed by atoms with van der Waals surface area (Å²) in [5.74, 6) is -4.22. The van der Waals surface area contributed by atoms with Crippen LogP contribution in [-0.4, -0.2) is 55.9 Å². The third-order valence-electron chi connectivity index (χ3n) is 4.50. The molecule has 24 heavy (non-hydrogen) atoms. The minimum atomic E-state index is -1.76. The van der Waals surface area contributed by atoms with Crippen LogP contribution in [0.1, 0.15) is 11.5 Å². The van der Waals surface area contributed by atoms with Gasteiger partial charge in [0.15, 0.2) is 0 Å². The minimum absolute atomic E-state index is 0.124. The molecule has 1 saturated carbocycles. The van der Waals surface area contributed by atoms with E-state index in [1.807, 2.05) is 0 Å². The van der Waals surface area contributed by atoms with Gasteiger partial charge in [0, 0.05) is 45.5 Å². The summed E-state index contributed by atoms with van der Waals surface area (Å²) in [6.45, 7) is 0. The zero-order valence-corrected chi connectivity index (χ0v) is 13.6. The first-order valence-electron chi connectivity index (χ1n) is 6.93. The fraction of sp³-hybridized carbons (Fsp3) is 0.571. The molecule has 0 aromatic heterocycles. The number of hydrogen-bond acceptors (Lipinski definition) is 8. The molecule has 1 aliphatic carbocycles. The second-order valence-corrected chi connectivity index (χ2v) is 5.21. The van der Waals surface area contributed by atoms with Crippen molar-refractivity contribution in [2.45, 2.75) is 23.5 Å². The van der Waals surface area contributed by atoms with Gasteiger partial charge >= 0.3 is 0 Å². The summed E-state index contributed by atoms with van der Waals surface area (Å²) in [5.41, 5.74) is 0.316. The molecule has 1 fully saturated rings. The number of ether oxygens (including phenoxy) is 4. The maximum absolute atomic E-state index is 11.6. The molecule has 0 aliphatic heterocycles. The zero-order chi connectivity index (χ0) is 18.1. The highest BCUT2D eigenvalue weighted by molar-refractivity contribution is 5.39. The number of nitrogens with zero attached hydrogens (tertiary/aromatic N) is 2. The van der Waals surface area contributed by atoms with E-state index < -0.39 is 33.4 Å². The Morgan fingerprint density at radius 3 is 1.67 bits per heavy atom. The lowest BCUT2D eigenvalue weighted by Gasteiger charge is -2.59. The van der Waals surface area contributed by atoms with E-state index in [1.165, 1.54) is 52.7 Å². The zero-order valence-electron chi connectivity index (χ0n) is 13.6. The van der Waals surface area contributed by atoms with E-state index in [4.69, 9.17) is 18.9 Å². The van der Waals surface area contributed by atoms with Crippen molar-refractivity contribution in [2.24, 2.45) is 0 Å². The second kappa shape index (κ2) is 6.40. The Morgan fingerprint density at radius 1 is 0.875 bits per heavy atom. The summed E-state index contributed by atoms with van der Waals surface area (Å²) in [4.78, 5) is 21.3. The molecule has 10 heteroatoms. The first kappa shape index (κ1) is 18.2. The Labute approximate surface area is 137 Å². The average Bonchev–Trinajstić information content (AvgIpc) is 2.56. The molecule has 10 nitrogen and oxygen atoms in total. The fourth-order valence-electron chi connectivity index (χ4n) is 3.45. The summed E-state index contributed by atoms with van der Waals surface area (Å²) in [5, 5.41) is 22.4. The molecule has 0 spiro atoms. The quantitative estimate of drug-likeness (QED) is 0.413. The van der Waals surface area contributed by atoms with Gasteiger partial charge < -0.3 is 18.9 Å². The lowest BCUT2D eigenvalue weighted by Crippen LogP contribution is -2.82. The van der Waals surface area contributed by atoms with E-state index in [2.05, 4.69) is 0 Å². The summed E-state index contributed by atoms with van der Waals surface area (Å²) in [7, 11) is 5.17. The van der Waals surface area contributed by atoms with E-state index in [0.29, 0.717) is 5.56 Å². The Hall–Kier alpha value is -2.14. The lowest BCUT2D eigenvalue weighted by molar-refractivity contribution is -0.640. The van der Waals surface area contributed by atoms with Crippen LogP contribution in [0.3, 0.4) is 0 Å². The van der Waals surface area contributed by atoms with E-state index in [-0.39, 0.29) is 5.69 Å². The SMILES string of the molecule is COC1(OC)[C@H](c2ccc([N+](=O)[O-])cc2)[C@@H]([N+](=O)[O-])C1(OC)OC. The molecule has 1 aromatic rings. The van der Waals surface area contributed by atoms with Gasteiger partial charge in [0.2, 0.25) is 5.79 Å². The van der Waals surface area contributed by atoms with Gasteiger partial charge in [0.25, 0.3) is 17.5 Å². The summed E-state index contributed by atoms with van der Waals surface area (Å²) in [6, 6.07) is 4.07. The first-order valence-corrected chi connectivity index (χ1v) is 6.93. The van der Waals surface area contributed by atoms with Crippen molar-refractivity contribution in [3.05, 3.63) is 50.1 Å². The van der Waals surface area contributed by atoms with Crippen molar-refractivity contribution >= 4 is 5.69 Å². The molecule has 0 amide bonds. The number of non-ortho nitro benzene ring substituents is 1. The highest BCUT2D eigenvalue weighted by Crippen LogP contribution is 2.59. The largest absolute Gasteiger partial charge is 0.348 e. The topological polar surface area (TPSA) is 123 Å². The maximum atomic E-state index is 11.6. The monoisotopic (exact) mass is 342 g/mol. The van der Waals surface area contributed by atoms with Gasteiger partial charge in [-0.25, -0.2) is 0 Å². The average molecular weight is 342 g/mol. The van der Waals surface area contributed by atoms with Crippen LogP contribution in [-0.2, 0) is 18.9 Å². The van der Waals surface area contributed by atoms with E-state index in [9.17, 15) is 20.2 Å². The van der Waals surface area contributed by atoms with Crippen LogP contribution >= 0.6 is 0 Å². The van der Waals surface area contributed by atoms with Crippen molar-refractivity contribution in [1.29, 1.82) is 0 Å². The highest BCUT2D eigenvalue weighted by Gasteiger charge is 2.83. The third-order valence-corrected chi connectivity index (χ3v) is 4.50. The normalized spacial score (nSPS) is 24.2. The van der Waals surface area contributed by atoms with Crippen LogP contribution in [0.15, 0.2) is 24.3 Å². The maximum Gasteiger partial charge on any atom is 0.294 e. The Kier molecular flexibility index (Phi) is 4.85. The minimum Gasteiger partial charge on any atom is -0.348 e. The van der Waals surface area contributed by atoms with Crippen LogP contribution < -0.4 is 0 Å². The summed E-state index contributed by atoms with van der Waals surface area (Å²) >= 11 is 0. The Balaban J connectivity index is 2.56. The molecule has 0 unspecified atom stereocenters. The van der Waals surface area contributed by atoms with Crippen LogP contribution in [0, 0.1) is 20.2 Å². The molecule has 0 heterocycles. The molecule has 0 bridgehead atoms. The molecule has 132 valence electrons. The van der Waals surface area contributed by atoms with Crippen molar-refractivity contribution < 1.29 is 28.8 Å². The third kappa shape index (κ3) is 2.18. The van der Waals surface area contributed by atoms with Crippen molar-refractivity contribution in [3.63, 3.8) is 0 Å². The smallest absolute Gasteiger partial charge is 0.294 e. The van der Waals surface area contributed by atoms with E-state index >= 15 is 0 Å². The number of nitro benzene ring substituents is 1. The predicted molar refractivity (Wildman–Crippen MR) is 80.1 cm³/mol. The van der Waals surface area contributed by atoms with Gasteiger partial charge in [-0.2, -0.15) is 0 Å². The number of nitro groups is 2. The molecule has 0 saturated heterocycles. The van der Waals surface area contributed by atoms with Crippen LogP contribution in [0.2, 0.25) is 0 Å². The first-order chi connectivity index (χ1) is 11.3. The van der Waals surface area contributed by atoms with Crippen molar-refractivity contribution in [1.82, 2.24) is 0 Å². The van der Waals surface area contributed by atoms with E-state index in [0.717, 1.165) is 0 Å². The number of methoxy groups -OCH3 is 4. The van der Waals surface area contributed by atoms with Gasteiger partial charge in [-0.05, 0) is 5.56 Å². The summed E-state index contributed by atoms with van der Waals surface area (Å²) in [6.07, 6.45) is 0.